The molecule has 8 bridgehead atoms. The molecule has 4 aromatic heterocycles. The van der Waals surface area contributed by atoms with Crippen molar-refractivity contribution >= 4 is 45.3 Å². The summed E-state index contributed by atoms with van der Waals surface area (Å²) in [5.74, 6) is -26.9. The van der Waals surface area contributed by atoms with Crippen LogP contribution < -0.4 is 0 Å². The van der Waals surface area contributed by atoms with Crippen molar-refractivity contribution in [1.82, 2.24) is 19.9 Å². The van der Waals surface area contributed by atoms with E-state index in [0.29, 0.717) is 0 Å². The van der Waals surface area contributed by atoms with Crippen molar-refractivity contribution in [3.05, 3.63) is 136 Å². The second-order valence-corrected chi connectivity index (χ2v) is 11.8. The number of H-pyrrole nitrogens is 3. The number of nitrogens with zero attached hydrogens (tertiary/aromatic N) is 1. The fourth-order valence-corrected chi connectivity index (χ4v) is 6.35. The first-order valence-electron chi connectivity index (χ1n) is 15.2. The molecule has 0 spiro atoms. The van der Waals surface area contributed by atoms with Gasteiger partial charge >= 0.3 is 0 Å². The summed E-state index contributed by atoms with van der Waals surface area (Å²) in [7, 11) is 0. The Labute approximate surface area is 291 Å². The van der Waals surface area contributed by atoms with E-state index < -0.39 is 131 Å². The van der Waals surface area contributed by atoms with Gasteiger partial charge < -0.3 is 15.0 Å². The summed E-state index contributed by atoms with van der Waals surface area (Å²) in [6.45, 7) is 0. The second kappa shape index (κ2) is 12.3. The van der Waals surface area contributed by atoms with Gasteiger partial charge in [-0.2, -0.15) is 0 Å². The first-order valence-corrected chi connectivity index (χ1v) is 15.2. The zero-order valence-electron chi connectivity index (χ0n) is 26.1. The SMILES string of the molecule is Fc1cc(F)c(F)c(-c2c3nc(c4ccc([nH]4)c(-c4c(F)c(F)cc(F)c4F)c4ccc([nH]4)c(-c4c(F)c(F)c(F)c(F)c4F)c4ccc2[nH]4)C=C3)c1F. The summed E-state index contributed by atoms with van der Waals surface area (Å²) in [6.07, 6.45) is 2.38. The van der Waals surface area contributed by atoms with Gasteiger partial charge in [0, 0.05) is 56.4 Å². The Bertz CT molecular complexity index is 2860. The van der Waals surface area contributed by atoms with Crippen LogP contribution in [0.2, 0.25) is 0 Å². The molecule has 272 valence electrons. The molecule has 8 rings (SSSR count). The van der Waals surface area contributed by atoms with E-state index in [1.165, 1.54) is 18.2 Å². The van der Waals surface area contributed by atoms with Crippen LogP contribution in [0.4, 0.5) is 57.1 Å². The Morgan fingerprint density at radius 2 is 0.593 bits per heavy atom. The second-order valence-electron chi connectivity index (χ2n) is 11.8. The first-order chi connectivity index (χ1) is 25.7. The normalized spacial score (nSPS) is 12.1. The number of aromatic amines is 3. The topological polar surface area (TPSA) is 60.3 Å². The molecular formula is C37H13F13N4. The number of hydrogen-bond acceptors (Lipinski definition) is 1. The first kappa shape index (κ1) is 34.6. The number of rotatable bonds is 3. The third-order valence-corrected chi connectivity index (χ3v) is 8.76. The highest BCUT2D eigenvalue weighted by Gasteiger charge is 2.30. The number of fused-ring (bicyclic) bond motifs is 9. The number of halogens is 13. The van der Waals surface area contributed by atoms with Gasteiger partial charge in [0.2, 0.25) is 5.82 Å². The smallest absolute Gasteiger partial charge is 0.200 e. The highest BCUT2D eigenvalue weighted by atomic mass is 19.2. The third-order valence-electron chi connectivity index (χ3n) is 8.76. The van der Waals surface area contributed by atoms with E-state index in [0.717, 1.165) is 30.3 Å². The molecule has 54 heavy (non-hydrogen) atoms. The summed E-state index contributed by atoms with van der Waals surface area (Å²) < 4.78 is 195. The van der Waals surface area contributed by atoms with E-state index in [2.05, 4.69) is 19.9 Å². The lowest BCUT2D eigenvalue weighted by molar-refractivity contribution is 0.381. The van der Waals surface area contributed by atoms with Crippen LogP contribution in [-0.4, -0.2) is 19.9 Å². The van der Waals surface area contributed by atoms with Gasteiger partial charge in [0.15, 0.2) is 69.8 Å². The minimum atomic E-state index is -2.53. The van der Waals surface area contributed by atoms with Crippen LogP contribution in [-0.2, 0) is 0 Å². The molecule has 17 heteroatoms. The fourth-order valence-electron chi connectivity index (χ4n) is 6.35. The average molecular weight is 761 g/mol. The maximum absolute atomic E-state index is 15.6. The van der Waals surface area contributed by atoms with Crippen LogP contribution in [0.5, 0.6) is 0 Å². The lowest BCUT2D eigenvalue weighted by Crippen LogP contribution is -2.04. The van der Waals surface area contributed by atoms with Gasteiger partial charge in [-0.3, -0.25) is 0 Å². The fraction of sp³-hybridized carbons (Fsp3) is 0. The van der Waals surface area contributed by atoms with Gasteiger partial charge in [-0.15, -0.1) is 0 Å². The van der Waals surface area contributed by atoms with E-state index in [9.17, 15) is 30.7 Å². The van der Waals surface area contributed by atoms with Gasteiger partial charge in [0.1, 0.15) is 0 Å². The van der Waals surface area contributed by atoms with Crippen LogP contribution in [0.25, 0.3) is 78.6 Å². The Balaban J connectivity index is 1.65. The summed E-state index contributed by atoms with van der Waals surface area (Å²) >= 11 is 0. The molecule has 3 aromatic carbocycles. The minimum Gasteiger partial charge on any atom is -0.354 e. The monoisotopic (exact) mass is 760 g/mol. The zero-order chi connectivity index (χ0) is 38.5. The summed E-state index contributed by atoms with van der Waals surface area (Å²) in [6, 6.07) is 6.23. The van der Waals surface area contributed by atoms with Crippen LogP contribution in [0.15, 0.2) is 48.5 Å². The van der Waals surface area contributed by atoms with Gasteiger partial charge in [0.05, 0.1) is 33.6 Å². The third kappa shape index (κ3) is 5.05. The maximum atomic E-state index is 15.6. The van der Waals surface area contributed by atoms with Gasteiger partial charge in [-0.25, -0.2) is 62.1 Å². The van der Waals surface area contributed by atoms with Crippen LogP contribution >= 0.6 is 0 Å². The molecule has 0 unspecified atom stereocenters. The molecule has 0 saturated carbocycles. The summed E-state index contributed by atoms with van der Waals surface area (Å²) in [5.41, 5.74) is -9.09. The molecule has 0 saturated heterocycles. The Morgan fingerprint density at radius 3 is 1.02 bits per heavy atom. The van der Waals surface area contributed by atoms with Crippen LogP contribution in [0.3, 0.4) is 0 Å². The van der Waals surface area contributed by atoms with Crippen molar-refractivity contribution in [1.29, 1.82) is 0 Å². The predicted octanol–water partition coefficient (Wildman–Crippen LogP) is 11.5. The van der Waals surface area contributed by atoms with Crippen LogP contribution in [0, 0.1) is 75.6 Å². The van der Waals surface area contributed by atoms with Crippen molar-refractivity contribution < 1.29 is 57.1 Å². The molecule has 0 radical (unpaired) electrons. The quantitative estimate of drug-likeness (QED) is 0.0937. The Hall–Kier alpha value is -6.52. The number of benzene rings is 3. The van der Waals surface area contributed by atoms with Crippen molar-refractivity contribution in [2.45, 2.75) is 0 Å². The van der Waals surface area contributed by atoms with E-state index in [1.54, 1.807) is 0 Å². The average Bonchev–Trinajstić information content (AvgIpc) is 3.98. The summed E-state index contributed by atoms with van der Waals surface area (Å²) in [4.78, 5) is 12.1. The Kier molecular flexibility index (Phi) is 7.86. The lowest BCUT2D eigenvalue weighted by atomic mass is 10.0. The lowest BCUT2D eigenvalue weighted by Gasteiger charge is -2.10. The number of nitrogens with one attached hydrogen (secondary N) is 3. The van der Waals surface area contributed by atoms with E-state index >= 15 is 26.3 Å². The molecule has 1 aliphatic rings. The van der Waals surface area contributed by atoms with Crippen LogP contribution in [0.1, 0.15) is 11.4 Å². The zero-order valence-corrected chi connectivity index (χ0v) is 26.1. The van der Waals surface area contributed by atoms with E-state index in [-0.39, 0.29) is 34.6 Å². The van der Waals surface area contributed by atoms with Crippen molar-refractivity contribution in [2.75, 3.05) is 0 Å². The molecule has 0 aliphatic carbocycles. The highest BCUT2D eigenvalue weighted by Crippen LogP contribution is 2.41. The largest absolute Gasteiger partial charge is 0.354 e. The number of hydrogen-bond donors (Lipinski definition) is 3. The molecule has 3 N–H and O–H groups in total. The van der Waals surface area contributed by atoms with Gasteiger partial charge in [0.25, 0.3) is 0 Å². The van der Waals surface area contributed by atoms with Crippen molar-refractivity contribution in [3.63, 3.8) is 0 Å². The molecule has 5 heterocycles. The molecule has 4 nitrogen and oxygen atoms in total. The van der Waals surface area contributed by atoms with E-state index in [1.807, 2.05) is 0 Å². The van der Waals surface area contributed by atoms with Gasteiger partial charge in [-0.1, -0.05) is 0 Å². The number of aromatic nitrogens is 4. The molecule has 7 aromatic rings. The predicted molar refractivity (Wildman–Crippen MR) is 171 cm³/mol. The van der Waals surface area contributed by atoms with Gasteiger partial charge in [-0.05, 0) is 48.6 Å². The molecule has 0 amide bonds. The molecule has 0 atom stereocenters. The Morgan fingerprint density at radius 1 is 0.296 bits per heavy atom. The van der Waals surface area contributed by atoms with E-state index in [4.69, 9.17) is 0 Å². The highest BCUT2D eigenvalue weighted by molar-refractivity contribution is 6.00. The maximum Gasteiger partial charge on any atom is 0.200 e. The summed E-state index contributed by atoms with van der Waals surface area (Å²) in [5, 5.41) is 0. The molecular weight excluding hydrogens is 747 g/mol. The van der Waals surface area contributed by atoms with Crippen molar-refractivity contribution in [3.8, 4) is 33.4 Å². The minimum absolute atomic E-state index is 0.0136. The standard InChI is InChI=1S/C37H13F13N4/c38-11-9-12(39)30(43)26(29(11)42)23-17-3-1-15(51-17)16-2-4-18(52-16)24(27-31(44)13(40)10-14(41)32(27)45)20-6-8-22(54-20)25(21-7-5-19(23)53-21)28-33(46)35(48)37(50)36(49)34(28)47/h1-10,51,53-54H. The molecule has 0 fully saturated rings. The van der Waals surface area contributed by atoms with Crippen molar-refractivity contribution in [2.24, 2.45) is 0 Å². The molecule has 1 aliphatic heterocycles.